The van der Waals surface area contributed by atoms with Crippen LogP contribution in [0.3, 0.4) is 0 Å². The Hall–Kier alpha value is -2.74. The van der Waals surface area contributed by atoms with E-state index in [1.165, 1.54) is 23.1 Å². The van der Waals surface area contributed by atoms with Crippen LogP contribution in [0, 0.1) is 18.6 Å². The molecule has 0 N–H and O–H groups in total. The summed E-state index contributed by atoms with van der Waals surface area (Å²) in [6.45, 7) is 1.68. The highest BCUT2D eigenvalue weighted by atomic mass is 32.2. The van der Waals surface area contributed by atoms with Crippen molar-refractivity contribution in [1.82, 2.24) is 0 Å². The number of esters is 1. The van der Waals surface area contributed by atoms with E-state index in [1.807, 2.05) is 0 Å². The van der Waals surface area contributed by atoms with E-state index in [1.54, 1.807) is 6.92 Å². The zero-order valence-corrected chi connectivity index (χ0v) is 14.1. The Bertz CT molecular complexity index is 1020. The smallest absolute Gasteiger partial charge is 0.351 e. The molecule has 0 aliphatic carbocycles. The van der Waals surface area contributed by atoms with E-state index in [4.69, 9.17) is 0 Å². The number of methoxy groups -OCH3 is 1. The minimum atomic E-state index is -4.19. The van der Waals surface area contributed by atoms with Gasteiger partial charge < -0.3 is 9.64 Å². The minimum absolute atomic E-state index is 0.0126. The van der Waals surface area contributed by atoms with Crippen molar-refractivity contribution in [3.63, 3.8) is 0 Å². The van der Waals surface area contributed by atoms with E-state index < -0.39 is 32.3 Å². The number of anilines is 2. The Balaban J connectivity index is 2.35. The van der Waals surface area contributed by atoms with E-state index in [-0.39, 0.29) is 16.3 Å². The highest BCUT2D eigenvalue weighted by molar-refractivity contribution is 7.96. The first-order valence-electron chi connectivity index (χ1n) is 7.16. The van der Waals surface area contributed by atoms with E-state index in [9.17, 15) is 22.0 Å². The van der Waals surface area contributed by atoms with Crippen molar-refractivity contribution in [3.05, 3.63) is 64.7 Å². The molecule has 8 heteroatoms. The van der Waals surface area contributed by atoms with Crippen LogP contribution >= 0.6 is 0 Å². The zero-order valence-electron chi connectivity index (χ0n) is 13.3. The maximum atomic E-state index is 13.7. The minimum Gasteiger partial charge on any atom is -0.465 e. The second kappa shape index (κ2) is 5.96. The van der Waals surface area contributed by atoms with E-state index >= 15 is 0 Å². The molecule has 0 atom stereocenters. The second-order valence-corrected chi connectivity index (χ2v) is 7.29. The Morgan fingerprint density at radius 1 is 1.04 bits per heavy atom. The standard InChI is InChI=1S/C17H13F2NO4S/c1-10-3-4-11(18)7-13(10)20-9-16(17(21)24-2)25(22,23)15-6-5-12(19)8-14(15)20/h3-9H,1-2H3. The molecule has 25 heavy (non-hydrogen) atoms. The highest BCUT2D eigenvalue weighted by Gasteiger charge is 2.37. The first-order valence-corrected chi connectivity index (χ1v) is 8.64. The second-order valence-electron chi connectivity index (χ2n) is 5.40. The molecule has 0 saturated heterocycles. The predicted octanol–water partition coefficient (Wildman–Crippen LogP) is 3.21. The lowest BCUT2D eigenvalue weighted by Gasteiger charge is -2.29. The van der Waals surface area contributed by atoms with Crippen molar-refractivity contribution in [1.29, 1.82) is 0 Å². The fraction of sp³-hybridized carbons (Fsp3) is 0.118. The van der Waals surface area contributed by atoms with E-state index in [0.29, 0.717) is 5.56 Å². The quantitative estimate of drug-likeness (QED) is 0.604. The summed E-state index contributed by atoms with van der Waals surface area (Å²) in [5.74, 6) is -2.28. The molecule has 2 aromatic carbocycles. The molecule has 0 unspecified atom stereocenters. The molecule has 1 heterocycles. The number of nitrogens with zero attached hydrogens (tertiary/aromatic N) is 1. The average Bonchev–Trinajstić information content (AvgIpc) is 2.56. The normalized spacial score (nSPS) is 15.4. The number of sulfone groups is 1. The molecule has 0 bridgehead atoms. The summed E-state index contributed by atoms with van der Waals surface area (Å²) in [6.07, 6.45) is 1.02. The number of benzene rings is 2. The predicted molar refractivity (Wildman–Crippen MR) is 87.0 cm³/mol. The summed E-state index contributed by atoms with van der Waals surface area (Å²) in [7, 11) is -3.14. The Labute approximate surface area is 143 Å². The van der Waals surface area contributed by atoms with Gasteiger partial charge in [0.05, 0.1) is 23.4 Å². The monoisotopic (exact) mass is 365 g/mol. The van der Waals surface area contributed by atoms with Gasteiger partial charge in [0.15, 0.2) is 4.91 Å². The van der Waals surface area contributed by atoms with Gasteiger partial charge in [0, 0.05) is 6.20 Å². The van der Waals surface area contributed by atoms with Crippen LogP contribution < -0.4 is 4.90 Å². The molecular formula is C17H13F2NO4S. The van der Waals surface area contributed by atoms with E-state index in [0.717, 1.165) is 31.5 Å². The number of hydrogen-bond acceptors (Lipinski definition) is 5. The molecule has 1 aliphatic rings. The van der Waals surface area contributed by atoms with Crippen molar-refractivity contribution >= 4 is 27.2 Å². The summed E-state index contributed by atoms with van der Waals surface area (Å²) < 4.78 is 57.3. The van der Waals surface area contributed by atoms with Crippen LogP contribution in [-0.2, 0) is 19.4 Å². The highest BCUT2D eigenvalue weighted by Crippen LogP contribution is 2.41. The van der Waals surface area contributed by atoms with Gasteiger partial charge in [0.1, 0.15) is 11.6 Å². The fourth-order valence-electron chi connectivity index (χ4n) is 2.59. The van der Waals surface area contributed by atoms with Crippen LogP contribution in [-0.4, -0.2) is 21.5 Å². The lowest BCUT2D eigenvalue weighted by atomic mass is 10.1. The number of fused-ring (bicyclic) bond motifs is 1. The number of carbonyl (C=O) groups is 1. The summed E-state index contributed by atoms with van der Waals surface area (Å²) in [6, 6.07) is 6.98. The molecule has 0 fully saturated rings. The number of hydrogen-bond donors (Lipinski definition) is 0. The maximum Gasteiger partial charge on any atom is 0.351 e. The molecule has 0 amide bonds. The van der Waals surface area contributed by atoms with Gasteiger partial charge >= 0.3 is 5.97 Å². The lowest BCUT2D eigenvalue weighted by Crippen LogP contribution is -2.26. The number of ether oxygens (including phenoxy) is 1. The van der Waals surface area contributed by atoms with Gasteiger partial charge in [0.25, 0.3) is 0 Å². The topological polar surface area (TPSA) is 63.7 Å². The number of halogens is 2. The molecule has 1 aliphatic heterocycles. The third-order valence-electron chi connectivity index (χ3n) is 3.82. The van der Waals surface area contributed by atoms with Gasteiger partial charge in [0.2, 0.25) is 9.84 Å². The fourth-order valence-corrected chi connectivity index (χ4v) is 4.05. The van der Waals surface area contributed by atoms with Crippen molar-refractivity contribution in [2.45, 2.75) is 11.8 Å². The first-order chi connectivity index (χ1) is 11.8. The van der Waals surface area contributed by atoms with Crippen LogP contribution in [0.5, 0.6) is 0 Å². The summed E-state index contributed by atoms with van der Waals surface area (Å²) >= 11 is 0. The van der Waals surface area contributed by atoms with Crippen molar-refractivity contribution < 1.29 is 26.7 Å². The zero-order chi connectivity index (χ0) is 18.4. The third kappa shape index (κ3) is 2.78. The lowest BCUT2D eigenvalue weighted by molar-refractivity contribution is -0.135. The SMILES string of the molecule is COC(=O)C1=CN(c2cc(F)ccc2C)c2cc(F)ccc2S1(=O)=O. The largest absolute Gasteiger partial charge is 0.465 e. The summed E-state index contributed by atoms with van der Waals surface area (Å²) in [5, 5.41) is 0. The molecule has 5 nitrogen and oxygen atoms in total. The van der Waals surface area contributed by atoms with E-state index in [2.05, 4.69) is 4.74 Å². The van der Waals surface area contributed by atoms with Crippen LogP contribution in [0.25, 0.3) is 0 Å². The number of aryl methyl sites for hydroxylation is 1. The number of rotatable bonds is 2. The van der Waals surface area contributed by atoms with Crippen molar-refractivity contribution in [3.8, 4) is 0 Å². The first kappa shape index (κ1) is 17.1. The van der Waals surface area contributed by atoms with Crippen molar-refractivity contribution in [2.24, 2.45) is 0 Å². The van der Waals surface area contributed by atoms with Gasteiger partial charge in [-0.25, -0.2) is 22.0 Å². The molecule has 0 radical (unpaired) electrons. The van der Waals surface area contributed by atoms with Crippen LogP contribution in [0.2, 0.25) is 0 Å². The van der Waals surface area contributed by atoms with Crippen LogP contribution in [0.15, 0.2) is 52.4 Å². The van der Waals surface area contributed by atoms with Gasteiger partial charge in [-0.3, -0.25) is 0 Å². The molecule has 130 valence electrons. The molecule has 3 rings (SSSR count). The Morgan fingerprint density at radius 2 is 1.64 bits per heavy atom. The third-order valence-corrected chi connectivity index (χ3v) is 5.60. The van der Waals surface area contributed by atoms with Crippen molar-refractivity contribution in [2.75, 3.05) is 12.0 Å². The molecule has 2 aromatic rings. The number of carbonyl (C=O) groups excluding carboxylic acids is 1. The van der Waals surface area contributed by atoms with Crippen LogP contribution in [0.1, 0.15) is 5.56 Å². The van der Waals surface area contributed by atoms with Crippen LogP contribution in [0.4, 0.5) is 20.2 Å². The molecule has 0 spiro atoms. The maximum absolute atomic E-state index is 13.7. The molecule has 0 aromatic heterocycles. The van der Waals surface area contributed by atoms with Gasteiger partial charge in [-0.05, 0) is 42.8 Å². The Kier molecular flexibility index (Phi) is 4.08. The molecule has 0 saturated carbocycles. The average molecular weight is 365 g/mol. The van der Waals surface area contributed by atoms with Gasteiger partial charge in [-0.2, -0.15) is 0 Å². The summed E-state index contributed by atoms with van der Waals surface area (Å²) in [5.41, 5.74) is 0.876. The van der Waals surface area contributed by atoms with Gasteiger partial charge in [-0.15, -0.1) is 0 Å². The van der Waals surface area contributed by atoms with Gasteiger partial charge in [-0.1, -0.05) is 6.07 Å². The molecular weight excluding hydrogens is 352 g/mol. The Morgan fingerprint density at radius 3 is 2.28 bits per heavy atom. The summed E-state index contributed by atoms with van der Waals surface area (Å²) in [4.78, 5) is 12.3.